The van der Waals surface area contributed by atoms with Gasteiger partial charge in [-0.05, 0) is 6.07 Å². The van der Waals surface area contributed by atoms with Gasteiger partial charge >= 0.3 is 5.69 Å². The Morgan fingerprint density at radius 2 is 2.15 bits per heavy atom. The average Bonchev–Trinajstić information content (AvgIpc) is 2.38. The number of nitriles is 1. The van der Waals surface area contributed by atoms with E-state index in [4.69, 9.17) is 5.26 Å². The molecule has 1 aromatic carbocycles. The van der Waals surface area contributed by atoms with Gasteiger partial charge in [0.25, 0.3) is 5.69 Å². The molecule has 0 saturated carbocycles. The molecular weight excluding hydrogens is 266 g/mol. The summed E-state index contributed by atoms with van der Waals surface area (Å²) in [5.74, 6) is -0.107. The summed E-state index contributed by atoms with van der Waals surface area (Å²) in [6, 6.07) is 5.17. The Bertz CT molecular complexity index is 593. The van der Waals surface area contributed by atoms with Crippen molar-refractivity contribution in [3.63, 3.8) is 0 Å². The van der Waals surface area contributed by atoms with Crippen molar-refractivity contribution in [3.8, 4) is 6.07 Å². The second-order valence-electron chi connectivity index (χ2n) is 3.95. The maximum atomic E-state index is 10.8. The zero-order valence-corrected chi connectivity index (χ0v) is 10.5. The number of nitrogens with zero attached hydrogens (tertiary/aromatic N) is 4. The normalized spacial score (nSPS) is 11.8. The first kappa shape index (κ1) is 15.0. The van der Waals surface area contributed by atoms with Crippen LogP contribution in [0.3, 0.4) is 0 Å². The minimum atomic E-state index is -0.733. The number of hydrogen-bond donors (Lipinski definition) is 1. The van der Waals surface area contributed by atoms with Crippen LogP contribution in [0.5, 0.6) is 0 Å². The van der Waals surface area contributed by atoms with Gasteiger partial charge in [0.1, 0.15) is 5.69 Å². The monoisotopic (exact) mass is 277 g/mol. The molecule has 0 saturated heterocycles. The van der Waals surface area contributed by atoms with E-state index in [0.717, 1.165) is 12.1 Å². The Morgan fingerprint density at radius 1 is 1.45 bits per heavy atom. The summed E-state index contributed by atoms with van der Waals surface area (Å²) in [6.07, 6.45) is 1.71. The van der Waals surface area contributed by atoms with Gasteiger partial charge in [0.05, 0.1) is 22.0 Å². The first-order valence-corrected chi connectivity index (χ1v) is 5.54. The van der Waals surface area contributed by atoms with Crippen LogP contribution in [0.4, 0.5) is 17.1 Å². The Morgan fingerprint density at radius 3 is 2.70 bits per heavy atom. The summed E-state index contributed by atoms with van der Waals surface area (Å²) in [5.41, 5.74) is 1.68. The third-order valence-electron chi connectivity index (χ3n) is 2.32. The summed E-state index contributed by atoms with van der Waals surface area (Å²) in [7, 11) is 0. The summed E-state index contributed by atoms with van der Waals surface area (Å²) in [5, 5.41) is 33.7. The number of non-ortho nitro benzene ring substituents is 1. The number of anilines is 1. The van der Waals surface area contributed by atoms with Crippen LogP contribution in [-0.2, 0) is 0 Å². The summed E-state index contributed by atoms with van der Waals surface area (Å²) >= 11 is 0. The highest BCUT2D eigenvalue weighted by molar-refractivity contribution is 5.68. The maximum Gasteiger partial charge on any atom is 0.301 e. The Kier molecular flexibility index (Phi) is 5.11. The molecule has 20 heavy (non-hydrogen) atoms. The fourth-order valence-corrected chi connectivity index (χ4v) is 1.31. The highest BCUT2D eigenvalue weighted by Crippen LogP contribution is 2.28. The van der Waals surface area contributed by atoms with Gasteiger partial charge in [-0.15, -0.1) is 0 Å². The zero-order valence-electron chi connectivity index (χ0n) is 10.5. The number of rotatable bonds is 6. The topological polar surface area (TPSA) is 134 Å². The van der Waals surface area contributed by atoms with Gasteiger partial charge in [-0.25, -0.2) is 0 Å². The molecule has 1 atom stereocenters. The molecule has 0 amide bonds. The van der Waals surface area contributed by atoms with Crippen molar-refractivity contribution >= 4 is 23.3 Å². The molecule has 1 aromatic rings. The third kappa shape index (κ3) is 4.02. The standard InChI is InChI=1S/C11H11N5O4/c1-8(4-5-12)7-13-14-10-3-2-9(15(17)18)6-11(10)16(19)20/h2-3,6-8,14H,4H2,1H3/b13-7+. The smallest absolute Gasteiger partial charge is 0.272 e. The van der Waals surface area contributed by atoms with Gasteiger partial charge in [0, 0.05) is 24.6 Å². The first-order chi connectivity index (χ1) is 9.45. The van der Waals surface area contributed by atoms with E-state index in [1.807, 2.05) is 6.07 Å². The molecular formula is C11H11N5O4. The average molecular weight is 277 g/mol. The van der Waals surface area contributed by atoms with Gasteiger partial charge in [0.2, 0.25) is 0 Å². The second kappa shape index (κ2) is 6.79. The molecule has 1 N–H and O–H groups in total. The lowest BCUT2D eigenvalue weighted by molar-refractivity contribution is -0.393. The lowest BCUT2D eigenvalue weighted by atomic mass is 10.1. The lowest BCUT2D eigenvalue weighted by Crippen LogP contribution is -2.01. The van der Waals surface area contributed by atoms with E-state index in [1.54, 1.807) is 6.92 Å². The lowest BCUT2D eigenvalue weighted by Gasteiger charge is -2.03. The van der Waals surface area contributed by atoms with E-state index in [1.165, 1.54) is 12.3 Å². The second-order valence-corrected chi connectivity index (χ2v) is 3.95. The van der Waals surface area contributed by atoms with E-state index < -0.39 is 15.5 Å². The quantitative estimate of drug-likeness (QED) is 0.482. The van der Waals surface area contributed by atoms with Crippen LogP contribution in [-0.4, -0.2) is 16.1 Å². The SMILES string of the molecule is CC(/C=N/Nc1ccc([N+](=O)[O-])cc1[N+](=O)[O-])CC#N. The van der Waals surface area contributed by atoms with Gasteiger partial charge in [-0.3, -0.25) is 25.7 Å². The highest BCUT2D eigenvalue weighted by atomic mass is 16.6. The van der Waals surface area contributed by atoms with Crippen molar-refractivity contribution in [3.05, 3.63) is 38.4 Å². The van der Waals surface area contributed by atoms with E-state index in [2.05, 4.69) is 10.5 Å². The van der Waals surface area contributed by atoms with Crippen LogP contribution in [0, 0.1) is 37.5 Å². The van der Waals surface area contributed by atoms with E-state index >= 15 is 0 Å². The van der Waals surface area contributed by atoms with Crippen molar-refractivity contribution < 1.29 is 9.85 Å². The molecule has 1 rings (SSSR count). The Balaban J connectivity index is 2.93. The predicted molar refractivity (Wildman–Crippen MR) is 71.3 cm³/mol. The molecule has 0 bridgehead atoms. The molecule has 0 radical (unpaired) electrons. The molecule has 9 nitrogen and oxygen atoms in total. The maximum absolute atomic E-state index is 10.8. The van der Waals surface area contributed by atoms with E-state index in [9.17, 15) is 20.2 Å². The largest absolute Gasteiger partial charge is 0.301 e. The molecule has 0 aliphatic heterocycles. The predicted octanol–water partition coefficient (Wildman–Crippen LogP) is 2.45. The van der Waals surface area contributed by atoms with Crippen LogP contribution in [0.2, 0.25) is 0 Å². The summed E-state index contributed by atoms with van der Waals surface area (Å²) in [4.78, 5) is 20.0. The molecule has 1 unspecified atom stereocenters. The molecule has 9 heteroatoms. The van der Waals surface area contributed by atoms with Crippen molar-refractivity contribution in [2.24, 2.45) is 11.0 Å². The molecule has 0 spiro atoms. The number of nitro benzene ring substituents is 2. The van der Waals surface area contributed by atoms with E-state index in [0.29, 0.717) is 0 Å². The number of hydrogen-bond acceptors (Lipinski definition) is 7. The fraction of sp³-hybridized carbons (Fsp3) is 0.273. The highest BCUT2D eigenvalue weighted by Gasteiger charge is 2.19. The molecule has 0 aliphatic rings. The van der Waals surface area contributed by atoms with Crippen molar-refractivity contribution in [1.29, 1.82) is 5.26 Å². The minimum absolute atomic E-state index is 0.0426. The van der Waals surface area contributed by atoms with Crippen LogP contribution < -0.4 is 5.43 Å². The Hall–Kier alpha value is -3.02. The Labute approximate surface area is 113 Å². The first-order valence-electron chi connectivity index (χ1n) is 5.54. The summed E-state index contributed by atoms with van der Waals surface area (Å²) in [6.45, 7) is 1.76. The molecule has 0 fully saturated rings. The van der Waals surface area contributed by atoms with Crippen molar-refractivity contribution in [2.45, 2.75) is 13.3 Å². The van der Waals surface area contributed by atoms with E-state index in [-0.39, 0.29) is 23.7 Å². The summed E-state index contributed by atoms with van der Waals surface area (Å²) < 4.78 is 0. The van der Waals surface area contributed by atoms with Crippen molar-refractivity contribution in [1.82, 2.24) is 0 Å². The number of benzene rings is 1. The van der Waals surface area contributed by atoms with Gasteiger partial charge < -0.3 is 0 Å². The van der Waals surface area contributed by atoms with Crippen molar-refractivity contribution in [2.75, 3.05) is 5.43 Å². The fourth-order valence-electron chi connectivity index (χ4n) is 1.31. The van der Waals surface area contributed by atoms with Crippen LogP contribution in [0.25, 0.3) is 0 Å². The number of nitro groups is 2. The number of nitrogens with one attached hydrogen (secondary N) is 1. The van der Waals surface area contributed by atoms with Crippen LogP contribution in [0.1, 0.15) is 13.3 Å². The number of hydrazone groups is 1. The molecule has 0 heterocycles. The molecule has 0 aromatic heterocycles. The van der Waals surface area contributed by atoms with Crippen LogP contribution in [0.15, 0.2) is 23.3 Å². The minimum Gasteiger partial charge on any atom is -0.272 e. The van der Waals surface area contributed by atoms with Gasteiger partial charge in [-0.2, -0.15) is 10.4 Å². The van der Waals surface area contributed by atoms with Gasteiger partial charge in [-0.1, -0.05) is 6.92 Å². The molecule has 104 valence electrons. The third-order valence-corrected chi connectivity index (χ3v) is 2.32. The van der Waals surface area contributed by atoms with Gasteiger partial charge in [0.15, 0.2) is 0 Å². The van der Waals surface area contributed by atoms with Crippen LogP contribution >= 0.6 is 0 Å². The molecule has 0 aliphatic carbocycles. The zero-order chi connectivity index (χ0) is 15.1.